The third-order valence-corrected chi connectivity index (χ3v) is 6.66. The van der Waals surface area contributed by atoms with Crippen LogP contribution in [0.3, 0.4) is 0 Å². The Labute approximate surface area is 193 Å². The number of hydrogen-bond donors (Lipinski definition) is 0. The predicted octanol–water partition coefficient (Wildman–Crippen LogP) is 7.18. The van der Waals surface area contributed by atoms with Gasteiger partial charge in [-0.05, 0) is 39.4 Å². The fraction of sp³-hybridized carbons (Fsp3) is 0.100. The number of hydrogen-bond acceptors (Lipinski definition) is 3. The molecule has 1 aliphatic rings. The molecule has 0 atom stereocenters. The molecule has 3 nitrogen and oxygen atoms in total. The number of rotatable bonds is 3. The summed E-state index contributed by atoms with van der Waals surface area (Å²) in [7, 11) is 0. The van der Waals surface area contributed by atoms with Gasteiger partial charge in [0.05, 0.1) is 0 Å². The summed E-state index contributed by atoms with van der Waals surface area (Å²) in [6.45, 7) is 4.57. The van der Waals surface area contributed by atoms with E-state index in [-0.39, 0.29) is 5.41 Å². The van der Waals surface area contributed by atoms with Gasteiger partial charge in [0.15, 0.2) is 11.6 Å². The first-order valence-electron chi connectivity index (χ1n) is 11.2. The van der Waals surface area contributed by atoms with Crippen molar-refractivity contribution in [3.8, 4) is 45.0 Å². The Bertz CT molecular complexity index is 1470. The van der Waals surface area contributed by atoms with Crippen LogP contribution in [0.1, 0.15) is 25.0 Å². The summed E-state index contributed by atoms with van der Waals surface area (Å²) >= 11 is 0. The Morgan fingerprint density at radius 1 is 0.515 bits per heavy atom. The molecule has 0 spiro atoms. The molecule has 0 fully saturated rings. The van der Waals surface area contributed by atoms with Gasteiger partial charge in [-0.2, -0.15) is 0 Å². The van der Waals surface area contributed by atoms with E-state index in [0.717, 1.165) is 11.1 Å². The van der Waals surface area contributed by atoms with Crippen molar-refractivity contribution in [1.29, 1.82) is 0 Å². The molecule has 33 heavy (non-hydrogen) atoms. The van der Waals surface area contributed by atoms with Gasteiger partial charge in [0.25, 0.3) is 0 Å². The normalized spacial score (nSPS) is 13.4. The Hall–Kier alpha value is -4.11. The molecule has 0 bridgehead atoms. The SMILES string of the molecule is CC1(C)c2ccccc2-c2ccc(-c3ncnc(-c4ccc(-c5ccccc5)cc4)n3)cc21. The van der Waals surface area contributed by atoms with Crippen LogP contribution in [0.2, 0.25) is 0 Å². The Morgan fingerprint density at radius 2 is 1.09 bits per heavy atom. The number of fused-ring (bicyclic) bond motifs is 3. The maximum atomic E-state index is 4.82. The summed E-state index contributed by atoms with van der Waals surface area (Å²) in [4.78, 5) is 13.8. The molecule has 0 amide bonds. The average Bonchev–Trinajstić information content (AvgIpc) is 3.11. The molecule has 1 aliphatic carbocycles. The van der Waals surface area contributed by atoms with Crippen LogP contribution in [0.4, 0.5) is 0 Å². The minimum atomic E-state index is -0.0505. The van der Waals surface area contributed by atoms with Gasteiger partial charge in [0.1, 0.15) is 6.33 Å². The van der Waals surface area contributed by atoms with E-state index in [2.05, 4.69) is 115 Å². The van der Waals surface area contributed by atoms with Gasteiger partial charge in [-0.3, -0.25) is 0 Å². The lowest BCUT2D eigenvalue weighted by Gasteiger charge is -2.21. The number of nitrogens with zero attached hydrogens (tertiary/aromatic N) is 3. The van der Waals surface area contributed by atoms with Gasteiger partial charge in [-0.1, -0.05) is 105 Å². The monoisotopic (exact) mass is 425 g/mol. The summed E-state index contributed by atoms with van der Waals surface area (Å²) < 4.78 is 0. The molecular formula is C30H23N3. The average molecular weight is 426 g/mol. The molecule has 0 saturated heterocycles. The highest BCUT2D eigenvalue weighted by molar-refractivity contribution is 5.83. The van der Waals surface area contributed by atoms with Crippen molar-refractivity contribution < 1.29 is 0 Å². The molecule has 4 aromatic carbocycles. The van der Waals surface area contributed by atoms with Crippen molar-refractivity contribution in [2.24, 2.45) is 0 Å². The van der Waals surface area contributed by atoms with Crippen molar-refractivity contribution in [3.05, 3.63) is 115 Å². The zero-order valence-corrected chi connectivity index (χ0v) is 18.7. The molecule has 0 aliphatic heterocycles. The van der Waals surface area contributed by atoms with E-state index >= 15 is 0 Å². The van der Waals surface area contributed by atoms with Crippen LogP contribution < -0.4 is 0 Å². The lowest BCUT2D eigenvalue weighted by atomic mass is 9.82. The fourth-order valence-corrected chi connectivity index (χ4v) is 4.86. The second-order valence-electron chi connectivity index (χ2n) is 9.01. The largest absolute Gasteiger partial charge is 0.217 e. The van der Waals surface area contributed by atoms with Crippen molar-refractivity contribution >= 4 is 0 Å². The number of aromatic nitrogens is 3. The van der Waals surface area contributed by atoms with E-state index in [0.29, 0.717) is 11.6 Å². The van der Waals surface area contributed by atoms with Crippen LogP contribution >= 0.6 is 0 Å². The molecule has 0 N–H and O–H groups in total. The zero-order valence-electron chi connectivity index (χ0n) is 18.7. The summed E-state index contributed by atoms with van der Waals surface area (Å²) in [6.07, 6.45) is 1.61. The first kappa shape index (κ1) is 19.6. The second-order valence-corrected chi connectivity index (χ2v) is 9.01. The second kappa shape index (κ2) is 7.49. The molecule has 1 aromatic heterocycles. The van der Waals surface area contributed by atoms with Crippen molar-refractivity contribution in [2.45, 2.75) is 19.3 Å². The summed E-state index contributed by atoms with van der Waals surface area (Å²) in [5.41, 5.74) is 9.61. The topological polar surface area (TPSA) is 38.7 Å². The van der Waals surface area contributed by atoms with Gasteiger partial charge in [-0.15, -0.1) is 0 Å². The first-order valence-corrected chi connectivity index (χ1v) is 11.2. The van der Waals surface area contributed by atoms with Crippen molar-refractivity contribution in [3.63, 3.8) is 0 Å². The van der Waals surface area contributed by atoms with Crippen LogP contribution in [-0.4, -0.2) is 15.0 Å². The van der Waals surface area contributed by atoms with Crippen LogP contribution in [-0.2, 0) is 5.41 Å². The van der Waals surface area contributed by atoms with E-state index in [9.17, 15) is 0 Å². The third kappa shape index (κ3) is 3.25. The molecular weight excluding hydrogens is 402 g/mol. The minimum Gasteiger partial charge on any atom is -0.217 e. The molecule has 0 unspecified atom stereocenters. The molecule has 0 radical (unpaired) electrons. The highest BCUT2D eigenvalue weighted by Crippen LogP contribution is 2.49. The van der Waals surface area contributed by atoms with Crippen molar-refractivity contribution in [2.75, 3.05) is 0 Å². The van der Waals surface area contributed by atoms with E-state index in [4.69, 9.17) is 4.98 Å². The summed E-state index contributed by atoms with van der Waals surface area (Å²) in [5.74, 6) is 1.38. The summed E-state index contributed by atoms with van der Waals surface area (Å²) in [5, 5.41) is 0. The van der Waals surface area contributed by atoms with Gasteiger partial charge in [0, 0.05) is 16.5 Å². The van der Waals surface area contributed by atoms with Gasteiger partial charge in [0.2, 0.25) is 0 Å². The van der Waals surface area contributed by atoms with Gasteiger partial charge >= 0.3 is 0 Å². The standard InChI is InChI=1S/C30H23N3/c1-30(2)26-11-7-6-10-24(26)25-17-16-23(18-27(25)30)29-32-19-31-28(33-29)22-14-12-21(13-15-22)20-8-4-3-5-9-20/h3-19H,1-2H3. The van der Waals surface area contributed by atoms with E-state index in [1.54, 1.807) is 6.33 Å². The van der Waals surface area contributed by atoms with E-state index in [1.807, 2.05) is 6.07 Å². The molecule has 0 saturated carbocycles. The lowest BCUT2D eigenvalue weighted by Crippen LogP contribution is -2.15. The Balaban J connectivity index is 1.36. The number of benzene rings is 4. The van der Waals surface area contributed by atoms with Crippen LogP contribution in [0.25, 0.3) is 45.0 Å². The van der Waals surface area contributed by atoms with Gasteiger partial charge in [-0.25, -0.2) is 15.0 Å². The summed E-state index contributed by atoms with van der Waals surface area (Å²) in [6, 6.07) is 34.0. The Kier molecular flexibility index (Phi) is 4.44. The quantitative estimate of drug-likeness (QED) is 0.307. The maximum absolute atomic E-state index is 4.82. The fourth-order valence-electron chi connectivity index (χ4n) is 4.86. The van der Waals surface area contributed by atoms with Gasteiger partial charge < -0.3 is 0 Å². The maximum Gasteiger partial charge on any atom is 0.163 e. The zero-order chi connectivity index (χ0) is 22.4. The Morgan fingerprint density at radius 3 is 1.88 bits per heavy atom. The highest BCUT2D eigenvalue weighted by Gasteiger charge is 2.35. The smallest absolute Gasteiger partial charge is 0.163 e. The third-order valence-electron chi connectivity index (χ3n) is 6.66. The molecule has 158 valence electrons. The van der Waals surface area contributed by atoms with Crippen LogP contribution in [0.15, 0.2) is 103 Å². The van der Waals surface area contributed by atoms with Crippen LogP contribution in [0, 0.1) is 0 Å². The predicted molar refractivity (Wildman–Crippen MR) is 134 cm³/mol. The van der Waals surface area contributed by atoms with E-state index in [1.165, 1.54) is 33.4 Å². The minimum absolute atomic E-state index is 0.0505. The molecule has 1 heterocycles. The first-order chi connectivity index (χ1) is 16.1. The van der Waals surface area contributed by atoms with E-state index < -0.39 is 0 Å². The lowest BCUT2D eigenvalue weighted by molar-refractivity contribution is 0.660. The van der Waals surface area contributed by atoms with Crippen LogP contribution in [0.5, 0.6) is 0 Å². The molecule has 6 rings (SSSR count). The molecule has 5 aromatic rings. The van der Waals surface area contributed by atoms with Crippen molar-refractivity contribution in [1.82, 2.24) is 15.0 Å². The highest BCUT2D eigenvalue weighted by atomic mass is 15.0. The molecule has 3 heteroatoms.